The van der Waals surface area contributed by atoms with Gasteiger partial charge in [0.1, 0.15) is 11.6 Å². The van der Waals surface area contributed by atoms with Crippen LogP contribution in [-0.2, 0) is 5.75 Å². The van der Waals surface area contributed by atoms with E-state index in [9.17, 15) is 17.6 Å². The van der Waals surface area contributed by atoms with Crippen molar-refractivity contribution in [1.29, 1.82) is 0 Å². The molecule has 3 rings (SSSR count). The molecule has 0 fully saturated rings. The van der Waals surface area contributed by atoms with Crippen LogP contribution in [0.3, 0.4) is 0 Å². The molecule has 26 heavy (non-hydrogen) atoms. The number of halogens is 4. The van der Waals surface area contributed by atoms with E-state index in [0.717, 1.165) is 5.56 Å². The molecule has 0 aliphatic carbocycles. The molecular formula is C16H11F4N3OS2. The molecule has 2 aromatic carbocycles. The number of ether oxygens (including phenoxy) is 1. The largest absolute Gasteiger partial charge is 0.573 e. The average Bonchev–Trinajstić information content (AvgIpc) is 3.02. The number of anilines is 2. The summed E-state index contributed by atoms with van der Waals surface area (Å²) in [5.74, 6) is 0.0435. The molecule has 0 radical (unpaired) electrons. The predicted octanol–water partition coefficient (Wildman–Crippen LogP) is 5.61. The van der Waals surface area contributed by atoms with E-state index in [1.54, 1.807) is 12.1 Å². The maximum absolute atomic E-state index is 12.9. The summed E-state index contributed by atoms with van der Waals surface area (Å²) in [7, 11) is 0. The van der Waals surface area contributed by atoms with Gasteiger partial charge in [0.15, 0.2) is 4.34 Å². The van der Waals surface area contributed by atoms with E-state index in [-0.39, 0.29) is 11.6 Å². The zero-order valence-electron chi connectivity index (χ0n) is 13.0. The topological polar surface area (TPSA) is 47.0 Å². The van der Waals surface area contributed by atoms with Gasteiger partial charge in [-0.15, -0.1) is 23.4 Å². The van der Waals surface area contributed by atoms with Crippen LogP contribution in [0.2, 0.25) is 0 Å². The number of rotatable bonds is 6. The molecule has 0 unspecified atom stereocenters. The number of aromatic nitrogens is 2. The third kappa shape index (κ3) is 5.60. The van der Waals surface area contributed by atoms with Crippen molar-refractivity contribution >= 4 is 33.9 Å². The van der Waals surface area contributed by atoms with E-state index in [1.165, 1.54) is 59.5 Å². The highest BCUT2D eigenvalue weighted by Gasteiger charge is 2.30. The van der Waals surface area contributed by atoms with Crippen LogP contribution in [0.15, 0.2) is 52.9 Å². The highest BCUT2D eigenvalue weighted by atomic mass is 32.2. The second-order valence-electron chi connectivity index (χ2n) is 4.99. The van der Waals surface area contributed by atoms with Gasteiger partial charge in [-0.2, -0.15) is 0 Å². The fourth-order valence-electron chi connectivity index (χ4n) is 1.91. The summed E-state index contributed by atoms with van der Waals surface area (Å²) in [6.07, 6.45) is -4.72. The summed E-state index contributed by atoms with van der Waals surface area (Å²) < 4.78 is 53.8. The Morgan fingerprint density at radius 1 is 1.00 bits per heavy atom. The van der Waals surface area contributed by atoms with Crippen molar-refractivity contribution in [2.75, 3.05) is 5.32 Å². The highest BCUT2D eigenvalue weighted by molar-refractivity contribution is 8.00. The lowest BCUT2D eigenvalue weighted by Gasteiger charge is -2.09. The number of benzene rings is 2. The van der Waals surface area contributed by atoms with Gasteiger partial charge in [0, 0.05) is 11.4 Å². The van der Waals surface area contributed by atoms with E-state index < -0.39 is 6.36 Å². The van der Waals surface area contributed by atoms with Crippen molar-refractivity contribution in [1.82, 2.24) is 10.2 Å². The molecule has 136 valence electrons. The standard InChI is InChI=1S/C16H11F4N3OS2/c17-11-3-1-10(2-4-11)9-25-15-23-22-14(26-15)21-12-5-7-13(8-6-12)24-16(18,19)20/h1-8H,9H2,(H,21,22). The quantitative estimate of drug-likeness (QED) is 0.430. The number of thioether (sulfide) groups is 1. The monoisotopic (exact) mass is 401 g/mol. The lowest BCUT2D eigenvalue weighted by Crippen LogP contribution is -2.16. The van der Waals surface area contributed by atoms with Crippen LogP contribution in [0.4, 0.5) is 28.4 Å². The number of nitrogens with one attached hydrogen (secondary N) is 1. The maximum Gasteiger partial charge on any atom is 0.573 e. The van der Waals surface area contributed by atoms with Crippen molar-refractivity contribution in [3.63, 3.8) is 0 Å². The molecule has 10 heteroatoms. The van der Waals surface area contributed by atoms with Crippen LogP contribution in [-0.4, -0.2) is 16.6 Å². The summed E-state index contributed by atoms with van der Waals surface area (Å²) in [6.45, 7) is 0. The predicted molar refractivity (Wildman–Crippen MR) is 92.3 cm³/mol. The van der Waals surface area contributed by atoms with Crippen molar-refractivity contribution in [3.8, 4) is 5.75 Å². The summed E-state index contributed by atoms with van der Waals surface area (Å²) in [6, 6.07) is 11.5. The Morgan fingerprint density at radius 2 is 1.69 bits per heavy atom. The normalized spacial score (nSPS) is 11.4. The molecule has 0 amide bonds. The fourth-order valence-corrected chi connectivity index (χ4v) is 3.64. The van der Waals surface area contributed by atoms with Gasteiger partial charge in [-0.1, -0.05) is 35.2 Å². The van der Waals surface area contributed by atoms with Crippen LogP contribution in [0.1, 0.15) is 5.56 Å². The minimum absolute atomic E-state index is 0.284. The van der Waals surface area contributed by atoms with E-state index in [0.29, 0.717) is 20.9 Å². The first-order valence-electron chi connectivity index (χ1n) is 7.21. The highest BCUT2D eigenvalue weighted by Crippen LogP contribution is 2.31. The number of alkyl halides is 3. The molecule has 0 spiro atoms. The van der Waals surface area contributed by atoms with Gasteiger partial charge < -0.3 is 10.1 Å². The van der Waals surface area contributed by atoms with E-state index in [1.807, 2.05) is 0 Å². The van der Waals surface area contributed by atoms with Crippen molar-refractivity contribution < 1.29 is 22.3 Å². The van der Waals surface area contributed by atoms with E-state index in [2.05, 4.69) is 20.3 Å². The first kappa shape index (κ1) is 18.5. The van der Waals surface area contributed by atoms with Crippen molar-refractivity contribution in [2.24, 2.45) is 0 Å². The molecule has 0 bridgehead atoms. The summed E-state index contributed by atoms with van der Waals surface area (Å²) in [4.78, 5) is 0. The van der Waals surface area contributed by atoms with Gasteiger partial charge in [0.2, 0.25) is 5.13 Å². The third-order valence-corrected chi connectivity index (χ3v) is 5.06. The number of nitrogens with zero attached hydrogens (tertiary/aromatic N) is 2. The maximum atomic E-state index is 12.9. The molecular weight excluding hydrogens is 390 g/mol. The Bertz CT molecular complexity index is 851. The van der Waals surface area contributed by atoms with E-state index >= 15 is 0 Å². The molecule has 0 saturated heterocycles. The first-order chi connectivity index (χ1) is 12.4. The molecule has 0 atom stereocenters. The molecule has 0 saturated carbocycles. The third-order valence-electron chi connectivity index (χ3n) is 3.02. The average molecular weight is 401 g/mol. The molecule has 1 aromatic heterocycles. The zero-order chi connectivity index (χ0) is 18.6. The van der Waals surface area contributed by atoms with Crippen LogP contribution in [0.5, 0.6) is 5.75 Å². The minimum Gasteiger partial charge on any atom is -0.406 e. The lowest BCUT2D eigenvalue weighted by atomic mass is 10.2. The minimum atomic E-state index is -4.72. The van der Waals surface area contributed by atoms with Crippen LogP contribution in [0, 0.1) is 5.82 Å². The first-order valence-corrected chi connectivity index (χ1v) is 9.01. The SMILES string of the molecule is Fc1ccc(CSc2nnc(Nc3ccc(OC(F)(F)F)cc3)s2)cc1. The Morgan fingerprint density at radius 3 is 2.35 bits per heavy atom. The smallest absolute Gasteiger partial charge is 0.406 e. The zero-order valence-corrected chi connectivity index (χ0v) is 14.6. The molecule has 4 nitrogen and oxygen atoms in total. The Labute approximate surface area is 154 Å². The Hall–Kier alpha value is -2.33. The van der Waals surface area contributed by atoms with Gasteiger partial charge in [-0.3, -0.25) is 0 Å². The van der Waals surface area contributed by atoms with Crippen molar-refractivity contribution in [2.45, 2.75) is 16.5 Å². The van der Waals surface area contributed by atoms with Gasteiger partial charge in [0.05, 0.1) is 0 Å². The van der Waals surface area contributed by atoms with Gasteiger partial charge >= 0.3 is 6.36 Å². The Balaban J connectivity index is 1.55. The Kier molecular flexibility index (Phi) is 5.62. The van der Waals surface area contributed by atoms with Crippen molar-refractivity contribution in [3.05, 3.63) is 59.9 Å². The molecule has 0 aliphatic heterocycles. The van der Waals surface area contributed by atoms with Crippen LogP contribution in [0.25, 0.3) is 0 Å². The second-order valence-corrected chi connectivity index (χ2v) is 7.19. The van der Waals surface area contributed by atoms with E-state index in [4.69, 9.17) is 0 Å². The summed E-state index contributed by atoms with van der Waals surface area (Å²) in [5.41, 5.74) is 1.52. The number of hydrogen-bond acceptors (Lipinski definition) is 6. The van der Waals surface area contributed by atoms with Gasteiger partial charge in [-0.25, -0.2) is 4.39 Å². The molecule has 1 heterocycles. The van der Waals surface area contributed by atoms with Crippen LogP contribution >= 0.6 is 23.1 Å². The van der Waals surface area contributed by atoms with Gasteiger partial charge in [0.25, 0.3) is 0 Å². The lowest BCUT2D eigenvalue weighted by molar-refractivity contribution is -0.274. The summed E-state index contributed by atoms with van der Waals surface area (Å²) >= 11 is 2.77. The van der Waals surface area contributed by atoms with Crippen LogP contribution < -0.4 is 10.1 Å². The summed E-state index contributed by atoms with van der Waals surface area (Å²) in [5, 5.41) is 11.5. The molecule has 0 aliphatic rings. The fraction of sp³-hybridized carbons (Fsp3) is 0.125. The molecule has 3 aromatic rings. The molecule has 1 N–H and O–H groups in total. The second kappa shape index (κ2) is 7.92. The van der Waals surface area contributed by atoms with Gasteiger partial charge in [-0.05, 0) is 42.0 Å². The number of hydrogen-bond donors (Lipinski definition) is 1.